The molecule has 9 nitrogen and oxygen atoms in total. The predicted molar refractivity (Wildman–Crippen MR) is 184 cm³/mol. The number of rotatable bonds is 5. The van der Waals surface area contributed by atoms with Gasteiger partial charge in [0, 0.05) is 43.0 Å². The second-order valence-corrected chi connectivity index (χ2v) is 14.6. The third kappa shape index (κ3) is 5.45. The Hall–Kier alpha value is -3.24. The molecule has 4 aromatic heterocycles. The highest BCUT2D eigenvalue weighted by Gasteiger charge is 2.37. The summed E-state index contributed by atoms with van der Waals surface area (Å²) in [4.78, 5) is 28.9. The molecule has 11 heteroatoms. The molecule has 1 aliphatic carbocycles. The molecule has 0 unspecified atom stereocenters. The normalized spacial score (nSPS) is 19.9. The van der Waals surface area contributed by atoms with E-state index < -0.39 is 0 Å². The summed E-state index contributed by atoms with van der Waals surface area (Å²) in [6.45, 7) is 8.00. The van der Waals surface area contributed by atoms with E-state index in [1.54, 1.807) is 24.4 Å². The van der Waals surface area contributed by atoms with Crippen LogP contribution in [0.25, 0.3) is 38.9 Å². The van der Waals surface area contributed by atoms with Crippen LogP contribution in [-0.2, 0) is 0 Å². The molecule has 0 amide bonds. The average molecular weight is 660 g/mol. The van der Waals surface area contributed by atoms with Crippen LogP contribution in [0, 0.1) is 18.3 Å². The van der Waals surface area contributed by atoms with Crippen LogP contribution in [0.3, 0.4) is 0 Å². The number of nitrogens with one attached hydrogen (secondary N) is 2. The maximum atomic E-state index is 13.5. The highest BCUT2D eigenvalue weighted by Crippen LogP contribution is 2.45. The molecule has 2 aliphatic heterocycles. The second-order valence-electron chi connectivity index (χ2n) is 13.8. The molecule has 5 aromatic rings. The van der Waals surface area contributed by atoms with E-state index in [0.29, 0.717) is 43.7 Å². The van der Waals surface area contributed by atoms with Gasteiger partial charge in [0.1, 0.15) is 12.0 Å². The number of nitrogens with zero attached hydrogens (tertiary/aromatic N) is 6. The van der Waals surface area contributed by atoms with E-state index in [9.17, 15) is 4.79 Å². The Kier molecular flexibility index (Phi) is 7.91. The van der Waals surface area contributed by atoms with Gasteiger partial charge < -0.3 is 15.2 Å². The minimum Gasteiger partial charge on any atom is -0.339 e. The molecule has 3 fully saturated rings. The number of pyridine rings is 1. The highest BCUT2D eigenvalue weighted by atomic mass is 35.5. The number of aromatic nitrogens is 6. The summed E-state index contributed by atoms with van der Waals surface area (Å²) in [7, 11) is 0. The zero-order valence-electron chi connectivity index (χ0n) is 26.2. The van der Waals surface area contributed by atoms with E-state index in [1.165, 1.54) is 69.1 Å². The molecule has 6 heterocycles. The van der Waals surface area contributed by atoms with Gasteiger partial charge in [0.15, 0.2) is 0 Å². The van der Waals surface area contributed by atoms with Crippen molar-refractivity contribution in [1.82, 2.24) is 39.5 Å². The van der Waals surface area contributed by atoms with Crippen LogP contribution in [0.15, 0.2) is 47.8 Å². The molecule has 0 bridgehead atoms. The van der Waals surface area contributed by atoms with E-state index >= 15 is 0 Å². The zero-order valence-corrected chi connectivity index (χ0v) is 27.7. The summed E-state index contributed by atoms with van der Waals surface area (Å²) in [5.74, 6) is 0.855. The number of hydrogen-bond donors (Lipinski definition) is 2. The lowest BCUT2D eigenvalue weighted by Gasteiger charge is -2.44. The van der Waals surface area contributed by atoms with Gasteiger partial charge in [-0.05, 0) is 101 Å². The Balaban J connectivity index is 0.970. The minimum absolute atomic E-state index is 0.276. The van der Waals surface area contributed by atoms with Crippen LogP contribution < -0.4 is 10.9 Å². The van der Waals surface area contributed by atoms with Gasteiger partial charge in [-0.3, -0.25) is 14.0 Å². The summed E-state index contributed by atoms with van der Waals surface area (Å²) in [5, 5.41) is 10.5. The quantitative estimate of drug-likeness (QED) is 0.212. The second kappa shape index (κ2) is 12.1. The molecule has 2 N–H and O–H groups in total. The maximum absolute atomic E-state index is 13.5. The Morgan fingerprint density at radius 2 is 1.72 bits per heavy atom. The van der Waals surface area contributed by atoms with Crippen LogP contribution >= 0.6 is 23.2 Å². The number of piperidine rings is 2. The lowest BCUT2D eigenvalue weighted by atomic mass is 9.65. The van der Waals surface area contributed by atoms with Gasteiger partial charge in [-0.15, -0.1) is 0 Å². The fraction of sp³-hybridized carbons (Fsp3) is 0.486. The van der Waals surface area contributed by atoms with Crippen molar-refractivity contribution >= 4 is 45.1 Å². The van der Waals surface area contributed by atoms with Gasteiger partial charge in [-0.2, -0.15) is 5.10 Å². The summed E-state index contributed by atoms with van der Waals surface area (Å²) < 4.78 is 3.55. The molecule has 240 valence electrons. The summed E-state index contributed by atoms with van der Waals surface area (Å²) in [6, 6.07) is 7.57. The first-order chi connectivity index (χ1) is 22.4. The molecule has 1 saturated carbocycles. The molecule has 0 radical (unpaired) electrons. The number of likely N-dealkylation sites (tertiary alicyclic amines) is 1. The molecule has 3 aliphatic rings. The van der Waals surface area contributed by atoms with Crippen molar-refractivity contribution in [3.05, 3.63) is 69.1 Å². The lowest BCUT2D eigenvalue weighted by Crippen LogP contribution is -2.42. The van der Waals surface area contributed by atoms with Crippen molar-refractivity contribution in [3.8, 4) is 16.9 Å². The molecule has 1 spiro atoms. The largest absolute Gasteiger partial charge is 0.339 e. The Morgan fingerprint density at radius 1 is 0.978 bits per heavy atom. The third-order valence-electron chi connectivity index (χ3n) is 11.0. The molecular formula is C35H40Cl2N8O. The number of halogens is 2. The Morgan fingerprint density at radius 3 is 2.46 bits per heavy atom. The van der Waals surface area contributed by atoms with Gasteiger partial charge >= 0.3 is 0 Å². The number of aryl methyl sites for hydroxylation is 1. The highest BCUT2D eigenvalue weighted by molar-refractivity contribution is 6.37. The van der Waals surface area contributed by atoms with E-state index in [0.717, 1.165) is 54.2 Å². The summed E-state index contributed by atoms with van der Waals surface area (Å²) >= 11 is 12.8. The Labute approximate surface area is 278 Å². The van der Waals surface area contributed by atoms with Gasteiger partial charge in [-0.1, -0.05) is 29.3 Å². The first-order valence-electron chi connectivity index (χ1n) is 16.7. The third-order valence-corrected chi connectivity index (χ3v) is 11.7. The standard InChI is InChI=1S/C35H40Cl2N8O/c1-22-27(20-45(42-22)24-7-15-43(16-8-24)19-23-5-9-35(10-6-23)11-13-38-14-12-35)30-17-25-31-26(18-39-33(25)41-30)34(46)44(21-40-31)32-28(36)3-2-4-29(32)37/h2-4,17-18,20-21,23-24,38H,5-16,19H2,1H3,(H,39,41). The number of benzene rings is 1. The smallest absolute Gasteiger partial charge is 0.267 e. The zero-order chi connectivity index (χ0) is 31.4. The van der Waals surface area contributed by atoms with Crippen molar-refractivity contribution in [2.75, 3.05) is 32.7 Å². The van der Waals surface area contributed by atoms with Crippen molar-refractivity contribution in [2.45, 2.75) is 64.3 Å². The fourth-order valence-corrected chi connectivity index (χ4v) is 8.85. The van der Waals surface area contributed by atoms with Crippen molar-refractivity contribution in [3.63, 3.8) is 0 Å². The van der Waals surface area contributed by atoms with Crippen molar-refractivity contribution < 1.29 is 0 Å². The number of fused-ring (bicyclic) bond motifs is 3. The molecular weight excluding hydrogens is 619 g/mol. The number of H-pyrrole nitrogens is 1. The van der Waals surface area contributed by atoms with Crippen LogP contribution in [0.2, 0.25) is 10.0 Å². The molecule has 46 heavy (non-hydrogen) atoms. The molecule has 0 atom stereocenters. The number of hydrogen-bond acceptors (Lipinski definition) is 6. The SMILES string of the molecule is Cc1nn(C2CCN(CC3CCC4(CCNCC4)CC3)CC2)cc1-c1cc2c(ncc3c(=O)n(-c4c(Cl)cccc4Cl)cnc32)[nH]1. The Bertz CT molecular complexity index is 1930. The first-order valence-corrected chi connectivity index (χ1v) is 17.5. The van der Waals surface area contributed by atoms with Gasteiger partial charge in [0.05, 0.1) is 44.1 Å². The number of aromatic amines is 1. The van der Waals surface area contributed by atoms with Gasteiger partial charge in [0.2, 0.25) is 0 Å². The van der Waals surface area contributed by atoms with Crippen LogP contribution in [0.1, 0.15) is 63.1 Å². The van der Waals surface area contributed by atoms with Crippen molar-refractivity contribution in [2.24, 2.45) is 11.3 Å². The number of para-hydroxylation sites is 1. The van der Waals surface area contributed by atoms with E-state index in [-0.39, 0.29) is 5.56 Å². The first kappa shape index (κ1) is 30.1. The predicted octanol–water partition coefficient (Wildman–Crippen LogP) is 6.94. The van der Waals surface area contributed by atoms with E-state index in [1.807, 2.05) is 6.07 Å². The summed E-state index contributed by atoms with van der Waals surface area (Å²) in [6.07, 6.45) is 15.9. The van der Waals surface area contributed by atoms with Crippen LogP contribution in [0.5, 0.6) is 0 Å². The average Bonchev–Trinajstić information content (AvgIpc) is 3.67. The lowest BCUT2D eigenvalue weighted by molar-refractivity contribution is 0.0781. The van der Waals surface area contributed by atoms with Crippen LogP contribution in [0.4, 0.5) is 0 Å². The summed E-state index contributed by atoms with van der Waals surface area (Å²) in [5.41, 5.74) is 4.96. The monoisotopic (exact) mass is 658 g/mol. The van der Waals surface area contributed by atoms with Gasteiger partial charge in [0.25, 0.3) is 5.56 Å². The van der Waals surface area contributed by atoms with E-state index in [2.05, 4.69) is 43.0 Å². The minimum atomic E-state index is -0.276. The van der Waals surface area contributed by atoms with Crippen molar-refractivity contribution in [1.29, 1.82) is 0 Å². The van der Waals surface area contributed by atoms with Gasteiger partial charge in [-0.25, -0.2) is 9.97 Å². The maximum Gasteiger partial charge on any atom is 0.267 e. The molecule has 2 saturated heterocycles. The topological polar surface area (TPSA) is 96.7 Å². The van der Waals surface area contributed by atoms with Crippen LogP contribution in [-0.4, -0.2) is 66.9 Å². The fourth-order valence-electron chi connectivity index (χ4n) is 8.27. The van der Waals surface area contributed by atoms with E-state index in [4.69, 9.17) is 28.3 Å². The molecule has 8 rings (SSSR count). The molecule has 1 aromatic carbocycles.